The molecule has 0 heterocycles. The summed E-state index contributed by atoms with van der Waals surface area (Å²) in [4.78, 5) is 37.7. The quantitative estimate of drug-likeness (QED) is 0.0205. The van der Waals surface area contributed by atoms with Gasteiger partial charge in [-0.1, -0.05) is 282 Å². The second kappa shape index (κ2) is 56.5. The van der Waals surface area contributed by atoms with E-state index < -0.39 is 20.0 Å². The number of nitrogens with one attached hydrogen (secondary N) is 1. The lowest BCUT2D eigenvalue weighted by Gasteiger charge is -2.27. The SMILES string of the molecule is CCCCC/C=C\C/C=C\CCCCCCCCCCCCCCCCCC(=O)OC(/C=C\CCCCCCCCCCC)C(COP(=O)(O)OCC[N+](C)(C)C)NC(=O)CCCCCCCCCCCCCCCC. The Balaban J connectivity index is 5.02. The average molecular weight is 1090 g/mol. The largest absolute Gasteiger partial charge is 0.472 e. The van der Waals surface area contributed by atoms with Gasteiger partial charge in [-0.2, -0.15) is 0 Å². The average Bonchev–Trinajstić information content (AvgIpc) is 3.38. The van der Waals surface area contributed by atoms with Gasteiger partial charge in [0.25, 0.3) is 0 Å². The number of hydrogen-bond donors (Lipinski definition) is 2. The zero-order valence-corrected chi connectivity index (χ0v) is 52.2. The summed E-state index contributed by atoms with van der Waals surface area (Å²) in [5, 5.41) is 3.06. The molecule has 0 radical (unpaired) electrons. The molecular weight excluding hydrogens is 964 g/mol. The summed E-state index contributed by atoms with van der Waals surface area (Å²) in [5.41, 5.74) is 0. The minimum absolute atomic E-state index is 0.0433. The highest BCUT2D eigenvalue weighted by atomic mass is 31.2. The number of ether oxygens (including phenoxy) is 1. The maximum absolute atomic E-state index is 13.5. The van der Waals surface area contributed by atoms with Gasteiger partial charge in [0.05, 0.1) is 33.8 Å². The van der Waals surface area contributed by atoms with Crippen molar-refractivity contribution >= 4 is 19.7 Å². The number of carbonyl (C=O) groups excluding carboxylic acids is 2. The van der Waals surface area contributed by atoms with Crippen LogP contribution >= 0.6 is 7.82 Å². The number of amides is 1. The molecule has 3 atom stereocenters. The lowest BCUT2D eigenvalue weighted by molar-refractivity contribution is -0.870. The molecule has 76 heavy (non-hydrogen) atoms. The third-order valence-electron chi connectivity index (χ3n) is 14.8. The first-order chi connectivity index (χ1) is 36.9. The van der Waals surface area contributed by atoms with Gasteiger partial charge >= 0.3 is 13.8 Å². The first-order valence-corrected chi connectivity index (χ1v) is 34.3. The van der Waals surface area contributed by atoms with Crippen molar-refractivity contribution in [3.05, 3.63) is 36.5 Å². The minimum atomic E-state index is -4.44. The van der Waals surface area contributed by atoms with Crippen molar-refractivity contribution in [1.29, 1.82) is 0 Å². The molecule has 0 aliphatic rings. The molecule has 0 aromatic rings. The van der Waals surface area contributed by atoms with Gasteiger partial charge < -0.3 is 19.4 Å². The highest BCUT2D eigenvalue weighted by Gasteiger charge is 2.30. The maximum atomic E-state index is 13.5. The molecule has 0 saturated carbocycles. The number of carbonyl (C=O) groups is 2. The van der Waals surface area contributed by atoms with Gasteiger partial charge in [0.1, 0.15) is 19.3 Å². The Kier molecular flexibility index (Phi) is 55.2. The zero-order valence-electron chi connectivity index (χ0n) is 51.3. The summed E-state index contributed by atoms with van der Waals surface area (Å²) in [6, 6.07) is -0.842. The van der Waals surface area contributed by atoms with Crippen molar-refractivity contribution in [3.63, 3.8) is 0 Å². The van der Waals surface area contributed by atoms with Crippen LogP contribution in [-0.2, 0) is 27.9 Å². The Morgan fingerprint density at radius 3 is 1.21 bits per heavy atom. The number of unbranched alkanes of at least 4 members (excludes halogenated alkanes) is 40. The van der Waals surface area contributed by atoms with E-state index in [-0.39, 0.29) is 25.1 Å². The lowest BCUT2D eigenvalue weighted by Crippen LogP contribution is -2.47. The smallest absolute Gasteiger partial charge is 0.456 e. The third kappa shape index (κ3) is 56.9. The van der Waals surface area contributed by atoms with Crippen molar-refractivity contribution in [1.82, 2.24) is 5.32 Å². The number of hydrogen-bond acceptors (Lipinski definition) is 6. The molecule has 0 rings (SSSR count). The predicted molar refractivity (Wildman–Crippen MR) is 328 cm³/mol. The van der Waals surface area contributed by atoms with E-state index in [1.165, 1.54) is 225 Å². The van der Waals surface area contributed by atoms with E-state index in [2.05, 4.69) is 50.4 Å². The van der Waals surface area contributed by atoms with E-state index >= 15 is 0 Å². The second-order valence-electron chi connectivity index (χ2n) is 23.6. The monoisotopic (exact) mass is 1090 g/mol. The Morgan fingerprint density at radius 1 is 0.461 bits per heavy atom. The van der Waals surface area contributed by atoms with Crippen LogP contribution in [0.4, 0.5) is 0 Å². The molecule has 0 bridgehead atoms. The zero-order chi connectivity index (χ0) is 55.7. The number of nitrogens with zero attached hydrogens (tertiary/aromatic N) is 1. The fraction of sp³-hybridized carbons (Fsp3) is 0.879. The summed E-state index contributed by atoms with van der Waals surface area (Å²) in [5.74, 6) is -0.490. The summed E-state index contributed by atoms with van der Waals surface area (Å²) in [7, 11) is 1.51. The molecule has 1 amide bonds. The van der Waals surface area contributed by atoms with Crippen molar-refractivity contribution in [2.24, 2.45) is 0 Å². The van der Waals surface area contributed by atoms with E-state index in [1.54, 1.807) is 0 Å². The highest BCUT2D eigenvalue weighted by molar-refractivity contribution is 7.47. The molecule has 0 aromatic carbocycles. The summed E-state index contributed by atoms with van der Waals surface area (Å²) in [6.45, 7) is 7.02. The molecule has 0 aliphatic carbocycles. The van der Waals surface area contributed by atoms with E-state index in [0.29, 0.717) is 23.9 Å². The maximum Gasteiger partial charge on any atom is 0.472 e. The minimum Gasteiger partial charge on any atom is -0.456 e. The van der Waals surface area contributed by atoms with Gasteiger partial charge in [-0.05, 0) is 63.9 Å². The molecule has 9 nitrogen and oxygen atoms in total. The van der Waals surface area contributed by atoms with Crippen LogP contribution in [0.3, 0.4) is 0 Å². The third-order valence-corrected chi connectivity index (χ3v) is 15.8. The molecular formula is C66H128N2O7P+. The molecule has 0 fully saturated rings. The van der Waals surface area contributed by atoms with Crippen LogP contribution in [0.25, 0.3) is 0 Å². The van der Waals surface area contributed by atoms with Gasteiger partial charge in [-0.25, -0.2) is 4.57 Å². The standard InChI is InChI=1S/C66H127N2O7P/c1-7-10-13-16-19-22-25-27-29-30-31-32-33-34-35-36-37-38-39-41-44-47-50-53-56-59-66(70)75-64(57-54-51-48-45-42-24-21-18-15-12-9-3)63(62-74-76(71,72)73-61-60-68(4,5)6)67-65(69)58-55-52-49-46-43-40-28-26-23-20-17-14-11-8-2/h19,22,27,29,54,57,63-64H,7-18,20-21,23-26,28,30-53,55-56,58-62H2,1-6H3,(H-,67,69,71,72)/p+1/b22-19-,29-27-,57-54-. The van der Waals surface area contributed by atoms with E-state index in [1.807, 2.05) is 33.3 Å². The Labute approximate surface area is 472 Å². The van der Waals surface area contributed by atoms with Crippen molar-refractivity contribution in [2.75, 3.05) is 40.9 Å². The molecule has 0 aromatic heterocycles. The normalized spacial score (nSPS) is 13.8. The molecule has 0 spiro atoms. The molecule has 448 valence electrons. The summed E-state index contributed by atoms with van der Waals surface area (Å²) < 4.78 is 30.7. The van der Waals surface area contributed by atoms with E-state index in [9.17, 15) is 19.0 Å². The molecule has 3 unspecified atom stereocenters. The number of phosphoric ester groups is 1. The highest BCUT2D eigenvalue weighted by Crippen LogP contribution is 2.43. The number of phosphoric acid groups is 1. The van der Waals surface area contributed by atoms with Crippen LogP contribution in [0.5, 0.6) is 0 Å². The summed E-state index contributed by atoms with van der Waals surface area (Å²) in [6.07, 6.45) is 68.6. The first-order valence-electron chi connectivity index (χ1n) is 32.8. The van der Waals surface area contributed by atoms with Crippen LogP contribution in [0.15, 0.2) is 36.5 Å². The Morgan fingerprint density at radius 2 is 0.803 bits per heavy atom. The van der Waals surface area contributed by atoms with E-state index in [4.69, 9.17) is 13.8 Å². The number of likely N-dealkylation sites (N-methyl/N-ethyl adjacent to an activating group) is 1. The number of quaternary nitrogens is 1. The van der Waals surface area contributed by atoms with E-state index in [0.717, 1.165) is 64.2 Å². The van der Waals surface area contributed by atoms with Crippen molar-refractivity contribution < 1.29 is 37.3 Å². The number of rotatable bonds is 60. The first kappa shape index (κ1) is 74.2. The lowest BCUT2D eigenvalue weighted by atomic mass is 10.0. The molecule has 0 saturated heterocycles. The van der Waals surface area contributed by atoms with Crippen LogP contribution in [0.1, 0.15) is 323 Å². The number of allylic oxidation sites excluding steroid dienone is 5. The molecule has 0 aliphatic heterocycles. The van der Waals surface area contributed by atoms with Crippen LogP contribution in [-0.4, -0.2) is 74.3 Å². The summed E-state index contributed by atoms with van der Waals surface area (Å²) >= 11 is 0. The van der Waals surface area contributed by atoms with Gasteiger partial charge in [0, 0.05) is 12.8 Å². The van der Waals surface area contributed by atoms with Crippen molar-refractivity contribution in [3.8, 4) is 0 Å². The van der Waals surface area contributed by atoms with Gasteiger partial charge in [-0.15, -0.1) is 0 Å². The van der Waals surface area contributed by atoms with Crippen LogP contribution in [0.2, 0.25) is 0 Å². The predicted octanol–water partition coefficient (Wildman–Crippen LogP) is 20.3. The number of esters is 1. The molecule has 2 N–H and O–H groups in total. The Bertz CT molecular complexity index is 1400. The van der Waals surface area contributed by atoms with Gasteiger partial charge in [0.2, 0.25) is 5.91 Å². The molecule has 10 heteroatoms. The second-order valence-corrected chi connectivity index (χ2v) is 25.1. The van der Waals surface area contributed by atoms with Crippen LogP contribution in [0, 0.1) is 0 Å². The van der Waals surface area contributed by atoms with Gasteiger partial charge in [0.15, 0.2) is 0 Å². The van der Waals surface area contributed by atoms with Crippen LogP contribution < -0.4 is 5.32 Å². The topological polar surface area (TPSA) is 111 Å². The van der Waals surface area contributed by atoms with Crippen molar-refractivity contribution in [2.45, 2.75) is 335 Å². The fourth-order valence-corrected chi connectivity index (χ4v) is 10.5. The van der Waals surface area contributed by atoms with Gasteiger partial charge in [-0.3, -0.25) is 18.6 Å². The fourth-order valence-electron chi connectivity index (χ4n) is 9.74. The Hall–Kier alpha value is -1.77.